The first-order valence-electron chi connectivity index (χ1n) is 9.22. The third kappa shape index (κ3) is 4.22. The van der Waals surface area contributed by atoms with Crippen LogP contribution >= 0.6 is 0 Å². The van der Waals surface area contributed by atoms with E-state index < -0.39 is 10.0 Å². The monoisotopic (exact) mass is 381 g/mol. The molecule has 27 heavy (non-hydrogen) atoms. The van der Waals surface area contributed by atoms with Crippen LogP contribution in [-0.4, -0.2) is 24.6 Å². The van der Waals surface area contributed by atoms with Crippen LogP contribution in [0.3, 0.4) is 0 Å². The third-order valence-corrected chi connectivity index (χ3v) is 5.59. The van der Waals surface area contributed by atoms with E-state index in [-0.39, 0.29) is 0 Å². The number of rotatable bonds is 5. The molecule has 1 aromatic carbocycles. The summed E-state index contributed by atoms with van der Waals surface area (Å²) in [5, 5.41) is 1.08. The van der Waals surface area contributed by atoms with Crippen molar-refractivity contribution in [2.45, 2.75) is 25.7 Å². The van der Waals surface area contributed by atoms with Crippen LogP contribution in [0.4, 0.5) is 5.69 Å². The maximum absolute atomic E-state index is 11.4. The number of hydrogen-bond acceptors (Lipinski definition) is 3. The molecule has 2 heterocycles. The van der Waals surface area contributed by atoms with Gasteiger partial charge >= 0.3 is 0 Å². The van der Waals surface area contributed by atoms with Gasteiger partial charge in [-0.2, -0.15) is 0 Å². The van der Waals surface area contributed by atoms with Crippen LogP contribution in [0.25, 0.3) is 16.6 Å². The summed E-state index contributed by atoms with van der Waals surface area (Å²) < 4.78 is 25.4. The van der Waals surface area contributed by atoms with Gasteiger partial charge in [-0.1, -0.05) is 31.1 Å². The summed E-state index contributed by atoms with van der Waals surface area (Å²) in [7, 11) is -3.28. The van der Waals surface area contributed by atoms with Crippen LogP contribution in [0.2, 0.25) is 0 Å². The van der Waals surface area contributed by atoms with Crippen LogP contribution in [0.5, 0.6) is 0 Å². The van der Waals surface area contributed by atoms with Crippen molar-refractivity contribution in [3.8, 4) is 0 Å². The first-order chi connectivity index (χ1) is 13.0. The number of pyridine rings is 1. The van der Waals surface area contributed by atoms with E-state index in [1.807, 2.05) is 18.2 Å². The van der Waals surface area contributed by atoms with Crippen molar-refractivity contribution in [3.63, 3.8) is 0 Å². The molecule has 140 valence electrons. The fraction of sp³-hybridized carbons (Fsp3) is 0.286. The first-order valence-corrected chi connectivity index (χ1v) is 11.1. The summed E-state index contributed by atoms with van der Waals surface area (Å²) in [6.45, 7) is 0. The summed E-state index contributed by atoms with van der Waals surface area (Å²) >= 11 is 0. The molecule has 5 nitrogen and oxygen atoms in total. The molecule has 3 aromatic rings. The molecule has 0 atom stereocenters. The number of H-pyrrole nitrogens is 1. The average molecular weight is 382 g/mol. The van der Waals surface area contributed by atoms with Crippen molar-refractivity contribution in [1.29, 1.82) is 0 Å². The summed E-state index contributed by atoms with van der Waals surface area (Å²) in [5.41, 5.74) is 4.69. The Morgan fingerprint density at radius 2 is 1.93 bits per heavy atom. The zero-order valence-electron chi connectivity index (χ0n) is 15.3. The molecule has 6 heteroatoms. The Hall–Kier alpha value is -2.60. The van der Waals surface area contributed by atoms with Crippen molar-refractivity contribution in [2.24, 2.45) is 5.92 Å². The molecular formula is C21H23N3O2S. The number of benzene rings is 1. The van der Waals surface area contributed by atoms with Gasteiger partial charge in [-0.15, -0.1) is 0 Å². The maximum Gasteiger partial charge on any atom is 0.229 e. The Morgan fingerprint density at radius 1 is 1.19 bits per heavy atom. The molecule has 4 rings (SSSR count). The molecule has 0 spiro atoms. The summed E-state index contributed by atoms with van der Waals surface area (Å²) in [6, 6.07) is 13.7. The van der Waals surface area contributed by atoms with Gasteiger partial charge in [-0.3, -0.25) is 4.72 Å². The summed E-state index contributed by atoms with van der Waals surface area (Å²) in [6.07, 6.45) is 10.3. The minimum atomic E-state index is -3.28. The lowest BCUT2D eigenvalue weighted by Gasteiger charge is -2.11. The first kappa shape index (κ1) is 17.8. The molecule has 1 fully saturated rings. The molecule has 0 aliphatic heterocycles. The van der Waals surface area contributed by atoms with Crippen molar-refractivity contribution in [1.82, 2.24) is 9.97 Å². The Bertz CT molecular complexity index is 1040. The standard InChI is InChI=1S/C21H23N3O2S/c1-27(25,26)24-18-10-8-16(9-11-18)19(13-15-5-2-3-6-15)20-14-17-7-4-12-22-21(17)23-20/h4,7-15,24H,2-3,5-6H2,1H3,(H,22,23). The normalized spacial score (nSPS) is 16.1. The van der Waals surface area contributed by atoms with E-state index in [0.29, 0.717) is 11.6 Å². The summed E-state index contributed by atoms with van der Waals surface area (Å²) in [4.78, 5) is 7.83. The lowest BCUT2D eigenvalue weighted by molar-refractivity contribution is 0.607. The zero-order valence-corrected chi connectivity index (χ0v) is 16.1. The Kier molecular flexibility index (Phi) is 4.74. The molecule has 0 radical (unpaired) electrons. The number of sulfonamides is 1. The van der Waals surface area contributed by atoms with Crippen molar-refractivity contribution in [2.75, 3.05) is 11.0 Å². The van der Waals surface area contributed by atoms with Crippen molar-refractivity contribution in [3.05, 3.63) is 66.0 Å². The number of fused-ring (bicyclic) bond motifs is 1. The predicted octanol–water partition coefficient (Wildman–Crippen LogP) is 4.56. The van der Waals surface area contributed by atoms with Gasteiger partial charge in [-0.05, 0) is 54.7 Å². The fourth-order valence-corrected chi connectivity index (χ4v) is 4.30. The Morgan fingerprint density at radius 3 is 2.59 bits per heavy atom. The van der Waals surface area contributed by atoms with Gasteiger partial charge in [0.2, 0.25) is 10.0 Å². The second-order valence-corrected chi connectivity index (χ2v) is 8.95. The topological polar surface area (TPSA) is 74.8 Å². The minimum Gasteiger partial charge on any atom is -0.339 e. The molecule has 0 amide bonds. The van der Waals surface area contributed by atoms with E-state index in [1.165, 1.54) is 25.7 Å². The number of aromatic nitrogens is 2. The zero-order chi connectivity index (χ0) is 18.9. The number of hydrogen-bond donors (Lipinski definition) is 2. The van der Waals surface area contributed by atoms with E-state index in [9.17, 15) is 8.42 Å². The predicted molar refractivity (Wildman–Crippen MR) is 110 cm³/mol. The van der Waals surface area contributed by atoms with Gasteiger partial charge in [-0.25, -0.2) is 13.4 Å². The van der Waals surface area contributed by atoms with Gasteiger partial charge < -0.3 is 4.98 Å². The molecule has 1 aliphatic rings. The van der Waals surface area contributed by atoms with Crippen LogP contribution in [0, 0.1) is 5.92 Å². The molecule has 0 bridgehead atoms. The van der Waals surface area contributed by atoms with Crippen LogP contribution in [-0.2, 0) is 10.0 Å². The van der Waals surface area contributed by atoms with Gasteiger partial charge in [0, 0.05) is 28.5 Å². The number of allylic oxidation sites excluding steroid dienone is 1. The van der Waals surface area contributed by atoms with E-state index in [0.717, 1.165) is 34.1 Å². The van der Waals surface area contributed by atoms with Crippen molar-refractivity contribution < 1.29 is 8.42 Å². The molecule has 2 aromatic heterocycles. The number of anilines is 1. The Balaban J connectivity index is 1.73. The largest absolute Gasteiger partial charge is 0.339 e. The highest BCUT2D eigenvalue weighted by atomic mass is 32.2. The molecule has 2 N–H and O–H groups in total. The van der Waals surface area contributed by atoms with E-state index >= 15 is 0 Å². The highest BCUT2D eigenvalue weighted by Crippen LogP contribution is 2.33. The Labute approximate surface area is 159 Å². The quantitative estimate of drug-likeness (QED) is 0.680. The van der Waals surface area contributed by atoms with Crippen LogP contribution in [0.15, 0.2) is 54.7 Å². The average Bonchev–Trinajstić information content (AvgIpc) is 3.28. The van der Waals surface area contributed by atoms with Crippen LogP contribution in [0.1, 0.15) is 36.9 Å². The maximum atomic E-state index is 11.4. The lowest BCUT2D eigenvalue weighted by atomic mass is 9.96. The number of aromatic amines is 1. The van der Waals surface area contributed by atoms with E-state index in [1.54, 1.807) is 18.3 Å². The summed E-state index contributed by atoms with van der Waals surface area (Å²) in [5.74, 6) is 0.577. The number of nitrogens with zero attached hydrogens (tertiary/aromatic N) is 1. The molecule has 0 unspecified atom stereocenters. The molecule has 1 aliphatic carbocycles. The SMILES string of the molecule is CS(=O)(=O)Nc1ccc(C(=CC2CCCC2)c2cc3cccnc3[nH]2)cc1. The number of nitrogens with one attached hydrogen (secondary N) is 2. The van der Waals surface area contributed by atoms with Gasteiger partial charge in [0.1, 0.15) is 5.65 Å². The fourth-order valence-electron chi connectivity index (χ4n) is 3.74. The van der Waals surface area contributed by atoms with Gasteiger partial charge in [0.25, 0.3) is 0 Å². The van der Waals surface area contributed by atoms with E-state index in [4.69, 9.17) is 0 Å². The molecule has 1 saturated carbocycles. The van der Waals surface area contributed by atoms with Crippen LogP contribution < -0.4 is 4.72 Å². The van der Waals surface area contributed by atoms with Gasteiger partial charge in [0.05, 0.1) is 6.26 Å². The highest BCUT2D eigenvalue weighted by Gasteiger charge is 2.16. The lowest BCUT2D eigenvalue weighted by Crippen LogP contribution is -2.09. The smallest absolute Gasteiger partial charge is 0.229 e. The molecule has 0 saturated heterocycles. The van der Waals surface area contributed by atoms with E-state index in [2.05, 4.69) is 32.9 Å². The van der Waals surface area contributed by atoms with Crippen molar-refractivity contribution >= 4 is 32.3 Å². The minimum absolute atomic E-state index is 0.569. The highest BCUT2D eigenvalue weighted by molar-refractivity contribution is 7.92. The third-order valence-electron chi connectivity index (χ3n) is 4.98. The van der Waals surface area contributed by atoms with Gasteiger partial charge in [0.15, 0.2) is 0 Å². The second kappa shape index (κ2) is 7.19. The molecular weight excluding hydrogens is 358 g/mol. The second-order valence-electron chi connectivity index (χ2n) is 7.20.